The van der Waals surface area contributed by atoms with Crippen LogP contribution >= 0.6 is 0 Å². The molecule has 0 aliphatic heterocycles. The highest BCUT2D eigenvalue weighted by molar-refractivity contribution is 6.17. The Morgan fingerprint density at radius 3 is 1.38 bits per heavy atom. The van der Waals surface area contributed by atoms with Gasteiger partial charge in [-0.15, -0.1) is 0 Å². The summed E-state index contributed by atoms with van der Waals surface area (Å²) in [4.78, 5) is 2.41. The number of benzene rings is 9. The fourth-order valence-electron chi connectivity index (χ4n) is 8.15. The van der Waals surface area contributed by atoms with E-state index in [9.17, 15) is 0 Å². The average Bonchev–Trinajstić information content (AvgIpc) is 3.63. The van der Waals surface area contributed by atoms with Crippen molar-refractivity contribution >= 4 is 38.9 Å². The first kappa shape index (κ1) is 33.2. The van der Waals surface area contributed by atoms with Gasteiger partial charge in [-0.05, 0) is 93.5 Å². The van der Waals surface area contributed by atoms with Gasteiger partial charge in [0.05, 0.1) is 22.4 Å². The second kappa shape index (κ2) is 14.4. The van der Waals surface area contributed by atoms with Gasteiger partial charge in [0, 0.05) is 27.7 Å². The molecule has 0 aliphatic carbocycles. The van der Waals surface area contributed by atoms with Gasteiger partial charge in [-0.2, -0.15) is 0 Å². The van der Waals surface area contributed by atoms with Gasteiger partial charge in [0.2, 0.25) is 0 Å². The number of nitrogens with zero attached hydrogens (tertiary/aromatic N) is 2. The summed E-state index contributed by atoms with van der Waals surface area (Å²) in [6.45, 7) is 0. The van der Waals surface area contributed by atoms with Crippen LogP contribution in [0.3, 0.4) is 0 Å². The molecule has 56 heavy (non-hydrogen) atoms. The summed E-state index contributed by atoms with van der Waals surface area (Å²) in [6.07, 6.45) is 0. The van der Waals surface area contributed by atoms with Gasteiger partial charge in [-0.1, -0.05) is 176 Å². The van der Waals surface area contributed by atoms with Crippen LogP contribution in [0.5, 0.6) is 0 Å². The minimum Gasteiger partial charge on any atom is -0.310 e. The number of rotatable bonds is 8. The zero-order valence-electron chi connectivity index (χ0n) is 30.8. The van der Waals surface area contributed by atoms with Crippen molar-refractivity contribution in [3.05, 3.63) is 231 Å². The third-order valence-electron chi connectivity index (χ3n) is 10.8. The highest BCUT2D eigenvalue weighted by atomic mass is 15.1. The number of hydrogen-bond acceptors (Lipinski definition) is 1. The molecule has 0 aliphatic rings. The molecule has 1 aromatic heterocycles. The predicted molar refractivity (Wildman–Crippen MR) is 237 cm³/mol. The lowest BCUT2D eigenvalue weighted by atomic mass is 9.98. The van der Waals surface area contributed by atoms with Crippen molar-refractivity contribution in [3.8, 4) is 50.2 Å². The number of anilines is 3. The van der Waals surface area contributed by atoms with Crippen LogP contribution in [0.2, 0.25) is 0 Å². The molecule has 1 heterocycles. The SMILES string of the molecule is c1ccc(-c2ccc(N(c3ccc(-c4ccccc4)cc3)c3cccc4c3c3ccccc3n4-c3ccccc3-c3cccc(-c4ccccc4)c3)cc2)cc1. The van der Waals surface area contributed by atoms with Crippen molar-refractivity contribution in [1.29, 1.82) is 0 Å². The summed E-state index contributed by atoms with van der Waals surface area (Å²) >= 11 is 0. The van der Waals surface area contributed by atoms with E-state index < -0.39 is 0 Å². The zero-order chi connectivity index (χ0) is 37.3. The first-order valence-electron chi connectivity index (χ1n) is 19.2. The van der Waals surface area contributed by atoms with Gasteiger partial charge in [-0.3, -0.25) is 0 Å². The molecule has 10 aromatic rings. The molecule has 0 amide bonds. The molecule has 0 radical (unpaired) electrons. The molecule has 0 bridgehead atoms. The predicted octanol–water partition coefficient (Wildman–Crippen LogP) is 14.9. The Hall–Kier alpha value is -7.42. The number of fused-ring (bicyclic) bond motifs is 3. The molecule has 0 N–H and O–H groups in total. The lowest BCUT2D eigenvalue weighted by Crippen LogP contribution is -2.10. The smallest absolute Gasteiger partial charge is 0.0562 e. The van der Waals surface area contributed by atoms with E-state index in [2.05, 4.69) is 240 Å². The van der Waals surface area contributed by atoms with Crippen molar-refractivity contribution in [2.24, 2.45) is 0 Å². The summed E-state index contributed by atoms with van der Waals surface area (Å²) in [7, 11) is 0. The Balaban J connectivity index is 1.17. The average molecular weight is 715 g/mol. The van der Waals surface area contributed by atoms with Gasteiger partial charge < -0.3 is 9.47 Å². The topological polar surface area (TPSA) is 8.17 Å². The Morgan fingerprint density at radius 1 is 0.304 bits per heavy atom. The molecular formula is C54H38N2. The van der Waals surface area contributed by atoms with Gasteiger partial charge in [-0.25, -0.2) is 0 Å². The summed E-state index contributed by atoms with van der Waals surface area (Å²) in [5.41, 5.74) is 16.4. The van der Waals surface area contributed by atoms with Crippen LogP contribution in [0.25, 0.3) is 72.0 Å². The molecule has 10 rings (SSSR count). The summed E-state index contributed by atoms with van der Waals surface area (Å²) in [5.74, 6) is 0. The highest BCUT2D eigenvalue weighted by Gasteiger charge is 2.22. The van der Waals surface area contributed by atoms with Crippen molar-refractivity contribution in [1.82, 2.24) is 4.57 Å². The molecule has 2 nitrogen and oxygen atoms in total. The Labute approximate surface area is 327 Å². The van der Waals surface area contributed by atoms with Crippen LogP contribution in [-0.4, -0.2) is 4.57 Å². The van der Waals surface area contributed by atoms with Crippen molar-refractivity contribution < 1.29 is 0 Å². The lowest BCUT2D eigenvalue weighted by Gasteiger charge is -2.27. The zero-order valence-corrected chi connectivity index (χ0v) is 30.8. The van der Waals surface area contributed by atoms with Gasteiger partial charge in [0.15, 0.2) is 0 Å². The molecule has 0 saturated carbocycles. The fourth-order valence-corrected chi connectivity index (χ4v) is 8.15. The molecule has 264 valence electrons. The van der Waals surface area contributed by atoms with Gasteiger partial charge in [0.1, 0.15) is 0 Å². The standard InChI is InChI=1S/C54H38N2/c1-4-16-39(17-5-1)42-30-34-46(35-31-42)55(47-36-32-43(33-37-47)40-18-6-2-7-19-40)52-28-15-29-53-54(52)49-25-11-13-27-51(49)56(53)50-26-12-10-24-48(50)45-23-14-22-44(38-45)41-20-8-3-9-21-41/h1-38H. The van der Waals surface area contributed by atoms with E-state index >= 15 is 0 Å². The molecule has 0 spiro atoms. The number of hydrogen-bond donors (Lipinski definition) is 0. The van der Waals surface area contributed by atoms with Crippen LogP contribution in [0.4, 0.5) is 17.1 Å². The number of aromatic nitrogens is 1. The maximum absolute atomic E-state index is 2.45. The first-order valence-corrected chi connectivity index (χ1v) is 19.2. The van der Waals surface area contributed by atoms with E-state index in [-0.39, 0.29) is 0 Å². The van der Waals surface area contributed by atoms with E-state index in [1.165, 1.54) is 60.8 Å². The Morgan fingerprint density at radius 2 is 0.750 bits per heavy atom. The Bertz CT molecular complexity index is 2840. The molecule has 9 aromatic carbocycles. The monoisotopic (exact) mass is 714 g/mol. The minimum absolute atomic E-state index is 1.10. The quantitative estimate of drug-likeness (QED) is 0.152. The normalized spacial score (nSPS) is 11.2. The van der Waals surface area contributed by atoms with E-state index in [0.717, 1.165) is 28.3 Å². The van der Waals surface area contributed by atoms with E-state index in [1.54, 1.807) is 0 Å². The summed E-state index contributed by atoms with van der Waals surface area (Å²) in [5, 5.41) is 2.41. The second-order valence-corrected chi connectivity index (χ2v) is 14.1. The third-order valence-corrected chi connectivity index (χ3v) is 10.8. The summed E-state index contributed by atoms with van der Waals surface area (Å²) in [6, 6.07) is 83.0. The number of para-hydroxylation sites is 2. The van der Waals surface area contributed by atoms with E-state index in [0.29, 0.717) is 0 Å². The largest absolute Gasteiger partial charge is 0.310 e. The van der Waals surface area contributed by atoms with E-state index in [1.807, 2.05) is 0 Å². The van der Waals surface area contributed by atoms with Crippen LogP contribution in [0, 0.1) is 0 Å². The second-order valence-electron chi connectivity index (χ2n) is 14.1. The third kappa shape index (κ3) is 6.04. The first-order chi connectivity index (χ1) is 27.8. The van der Waals surface area contributed by atoms with Crippen LogP contribution in [-0.2, 0) is 0 Å². The maximum Gasteiger partial charge on any atom is 0.0562 e. The highest BCUT2D eigenvalue weighted by Crippen LogP contribution is 2.45. The maximum atomic E-state index is 2.45. The van der Waals surface area contributed by atoms with Crippen LogP contribution < -0.4 is 4.90 Å². The van der Waals surface area contributed by atoms with Crippen molar-refractivity contribution in [2.45, 2.75) is 0 Å². The van der Waals surface area contributed by atoms with Crippen molar-refractivity contribution in [2.75, 3.05) is 4.90 Å². The van der Waals surface area contributed by atoms with Gasteiger partial charge in [0.25, 0.3) is 0 Å². The van der Waals surface area contributed by atoms with Gasteiger partial charge >= 0.3 is 0 Å². The van der Waals surface area contributed by atoms with Crippen LogP contribution in [0.15, 0.2) is 231 Å². The molecular weight excluding hydrogens is 677 g/mol. The lowest BCUT2D eigenvalue weighted by molar-refractivity contribution is 1.18. The fraction of sp³-hybridized carbons (Fsp3) is 0. The molecule has 2 heteroatoms. The molecule has 0 atom stereocenters. The summed E-state index contributed by atoms with van der Waals surface area (Å²) < 4.78 is 2.45. The van der Waals surface area contributed by atoms with Crippen molar-refractivity contribution in [3.63, 3.8) is 0 Å². The van der Waals surface area contributed by atoms with Crippen LogP contribution in [0.1, 0.15) is 0 Å². The van der Waals surface area contributed by atoms with E-state index in [4.69, 9.17) is 0 Å². The Kier molecular flexibility index (Phi) is 8.55. The molecule has 0 saturated heterocycles. The minimum atomic E-state index is 1.10. The molecule has 0 fully saturated rings. The molecule has 0 unspecified atom stereocenters.